The van der Waals surface area contributed by atoms with Gasteiger partial charge in [-0.25, -0.2) is 4.98 Å². The Hall–Kier alpha value is -5.15. The van der Waals surface area contributed by atoms with Crippen molar-refractivity contribution in [3.05, 3.63) is 130 Å². The summed E-state index contributed by atoms with van der Waals surface area (Å²) in [5, 5.41) is 2.49. The highest BCUT2D eigenvalue weighted by Gasteiger charge is 2.27. The van der Waals surface area contributed by atoms with Gasteiger partial charge in [0.15, 0.2) is 0 Å². The Kier molecular flexibility index (Phi) is 7.17. The Labute approximate surface area is 297 Å². The standard InChI is InChI=1S/C47H47N3/c1-27-19-29(3)36-25-34(27)35-26-37(30(4)20-28(35)2)41-17-14-18-43(48-41)50(33-15-12-11-13-16-33)42-24-32(47(8,9)10)23-40-39-22-31(46(5,6)7)21-38(36)44(39)49-45(40)42/h11-26,49H,1-10H3. The van der Waals surface area contributed by atoms with Gasteiger partial charge in [-0.1, -0.05) is 77.9 Å². The number of nitrogens with one attached hydrogen (secondary N) is 1. The average molecular weight is 654 g/mol. The maximum atomic E-state index is 5.48. The Morgan fingerprint density at radius 1 is 0.500 bits per heavy atom. The van der Waals surface area contributed by atoms with Crippen LogP contribution in [0.3, 0.4) is 0 Å². The van der Waals surface area contributed by atoms with E-state index in [-0.39, 0.29) is 10.8 Å². The van der Waals surface area contributed by atoms with E-state index in [2.05, 4.69) is 176 Å². The number of H-pyrrole nitrogens is 1. The highest BCUT2D eigenvalue weighted by Crippen LogP contribution is 2.47. The summed E-state index contributed by atoms with van der Waals surface area (Å²) in [5.41, 5.74) is 19.2. The van der Waals surface area contributed by atoms with Crippen LogP contribution in [0.4, 0.5) is 17.2 Å². The molecule has 250 valence electrons. The number of anilines is 3. The number of fused-ring (bicyclic) bond motifs is 10. The van der Waals surface area contributed by atoms with Crippen molar-refractivity contribution in [2.24, 2.45) is 0 Å². The molecule has 0 saturated carbocycles. The molecule has 0 aliphatic carbocycles. The molecule has 1 N–H and O–H groups in total. The fraction of sp³-hybridized carbons (Fsp3) is 0.255. The Balaban J connectivity index is 1.63. The topological polar surface area (TPSA) is 31.9 Å². The van der Waals surface area contributed by atoms with E-state index in [1.807, 2.05) is 0 Å². The van der Waals surface area contributed by atoms with Crippen LogP contribution in [-0.2, 0) is 10.8 Å². The second-order valence-corrected chi connectivity index (χ2v) is 16.5. The number of nitrogens with zero attached hydrogens (tertiary/aromatic N) is 2. The van der Waals surface area contributed by atoms with Crippen LogP contribution >= 0.6 is 0 Å². The first-order valence-corrected chi connectivity index (χ1v) is 17.9. The third kappa shape index (κ3) is 5.14. The van der Waals surface area contributed by atoms with Gasteiger partial charge < -0.3 is 4.98 Å². The average Bonchev–Trinajstić information content (AvgIpc) is 3.44. The molecular weight excluding hydrogens is 607 g/mol. The molecule has 0 spiro atoms. The quantitative estimate of drug-likeness (QED) is 0.191. The molecule has 2 aromatic heterocycles. The molecule has 0 amide bonds. The highest BCUT2D eigenvalue weighted by molar-refractivity contribution is 6.16. The molecule has 3 nitrogen and oxygen atoms in total. The van der Waals surface area contributed by atoms with Crippen molar-refractivity contribution in [3.8, 4) is 33.5 Å². The van der Waals surface area contributed by atoms with E-state index in [1.54, 1.807) is 0 Å². The predicted molar refractivity (Wildman–Crippen MR) is 214 cm³/mol. The zero-order valence-corrected chi connectivity index (χ0v) is 31.1. The molecule has 0 saturated heterocycles. The van der Waals surface area contributed by atoms with Crippen molar-refractivity contribution in [2.75, 3.05) is 4.90 Å². The first-order valence-electron chi connectivity index (χ1n) is 17.9. The number of benzene rings is 5. The van der Waals surface area contributed by atoms with Crippen molar-refractivity contribution in [1.82, 2.24) is 9.97 Å². The van der Waals surface area contributed by atoms with Crippen LogP contribution in [0.15, 0.2) is 97.1 Å². The number of aryl methyl sites for hydroxylation is 4. The number of para-hydroxylation sites is 1. The van der Waals surface area contributed by atoms with Gasteiger partial charge in [-0.15, -0.1) is 0 Å². The number of hydrogen-bond donors (Lipinski definition) is 1. The van der Waals surface area contributed by atoms with Gasteiger partial charge in [-0.05, 0) is 149 Å². The van der Waals surface area contributed by atoms with Gasteiger partial charge in [0.2, 0.25) is 0 Å². The minimum atomic E-state index is -0.0761. The minimum absolute atomic E-state index is 0.0395. The van der Waals surface area contributed by atoms with Crippen LogP contribution in [0.2, 0.25) is 0 Å². The molecule has 50 heavy (non-hydrogen) atoms. The number of pyridine rings is 1. The summed E-state index contributed by atoms with van der Waals surface area (Å²) in [4.78, 5) is 11.9. The molecule has 1 aliphatic heterocycles. The second kappa shape index (κ2) is 11.2. The van der Waals surface area contributed by atoms with Crippen molar-refractivity contribution >= 4 is 39.0 Å². The zero-order chi connectivity index (χ0) is 35.3. The first kappa shape index (κ1) is 32.1. The van der Waals surface area contributed by atoms with Crippen molar-refractivity contribution < 1.29 is 0 Å². The molecule has 0 atom stereocenters. The van der Waals surface area contributed by atoms with E-state index < -0.39 is 0 Å². The molecule has 0 unspecified atom stereocenters. The van der Waals surface area contributed by atoms with E-state index in [0.29, 0.717) is 0 Å². The Bertz CT molecular complexity index is 2480. The van der Waals surface area contributed by atoms with Crippen molar-refractivity contribution in [3.63, 3.8) is 0 Å². The molecule has 5 aromatic carbocycles. The Morgan fingerprint density at radius 2 is 1.04 bits per heavy atom. The highest BCUT2D eigenvalue weighted by atomic mass is 15.2. The lowest BCUT2D eigenvalue weighted by Crippen LogP contribution is -2.16. The lowest BCUT2D eigenvalue weighted by molar-refractivity contribution is 0.590. The largest absolute Gasteiger partial charge is 0.352 e. The molecule has 8 rings (SSSR count). The maximum absolute atomic E-state index is 5.48. The summed E-state index contributed by atoms with van der Waals surface area (Å²) in [6.45, 7) is 22.9. The van der Waals surface area contributed by atoms with Crippen LogP contribution in [0.1, 0.15) is 74.9 Å². The Morgan fingerprint density at radius 3 is 1.66 bits per heavy atom. The summed E-state index contributed by atoms with van der Waals surface area (Å²) in [6, 6.07) is 36.4. The van der Waals surface area contributed by atoms with E-state index >= 15 is 0 Å². The van der Waals surface area contributed by atoms with Gasteiger partial charge >= 0.3 is 0 Å². The first-order chi connectivity index (χ1) is 23.7. The molecule has 8 bridgehead atoms. The maximum Gasteiger partial charge on any atom is 0.138 e. The third-order valence-corrected chi connectivity index (χ3v) is 10.7. The molecule has 1 aliphatic rings. The van der Waals surface area contributed by atoms with Crippen LogP contribution in [0.5, 0.6) is 0 Å². The minimum Gasteiger partial charge on any atom is -0.352 e. The number of aromatic amines is 1. The predicted octanol–water partition coefficient (Wildman–Crippen LogP) is 13.3. The number of hydrogen-bond acceptors (Lipinski definition) is 2. The van der Waals surface area contributed by atoms with Crippen molar-refractivity contribution in [2.45, 2.75) is 80.1 Å². The third-order valence-electron chi connectivity index (χ3n) is 10.7. The molecule has 3 heteroatoms. The van der Waals surface area contributed by atoms with Gasteiger partial charge in [-0.2, -0.15) is 0 Å². The van der Waals surface area contributed by atoms with Crippen molar-refractivity contribution in [1.29, 1.82) is 0 Å². The zero-order valence-electron chi connectivity index (χ0n) is 31.1. The molecule has 3 heterocycles. The molecule has 0 radical (unpaired) electrons. The summed E-state index contributed by atoms with van der Waals surface area (Å²) in [5.74, 6) is 0.888. The molecular formula is C47H47N3. The smallest absolute Gasteiger partial charge is 0.138 e. The molecule has 7 aromatic rings. The van der Waals surface area contributed by atoms with Gasteiger partial charge in [0.05, 0.1) is 22.4 Å². The van der Waals surface area contributed by atoms with Crippen LogP contribution in [0.25, 0.3) is 55.3 Å². The lowest BCUT2D eigenvalue weighted by Gasteiger charge is -2.28. The fourth-order valence-electron chi connectivity index (χ4n) is 7.86. The van der Waals surface area contributed by atoms with E-state index in [4.69, 9.17) is 4.98 Å². The molecule has 0 fully saturated rings. The summed E-state index contributed by atoms with van der Waals surface area (Å²) >= 11 is 0. The van der Waals surface area contributed by atoms with Gasteiger partial charge in [0.1, 0.15) is 5.82 Å². The van der Waals surface area contributed by atoms with Gasteiger partial charge in [0.25, 0.3) is 0 Å². The van der Waals surface area contributed by atoms with E-state index in [0.717, 1.165) is 34.0 Å². The normalized spacial score (nSPS) is 13.0. The second-order valence-electron chi connectivity index (χ2n) is 16.5. The fourth-order valence-corrected chi connectivity index (χ4v) is 7.86. The van der Waals surface area contributed by atoms with Gasteiger partial charge in [-0.3, -0.25) is 4.90 Å². The van der Waals surface area contributed by atoms with Gasteiger partial charge in [0, 0.05) is 27.6 Å². The SMILES string of the molecule is Cc1cc(C)c2cc1-c1cccc(n1)N(c1ccccc1)c1cc(C(C)(C)C)cc3c1[nH]c1c(cc(C(C)(C)C)cc13)-c1cc-2c(C)cc1C. The van der Waals surface area contributed by atoms with E-state index in [9.17, 15) is 0 Å². The number of aromatic nitrogens is 2. The van der Waals surface area contributed by atoms with E-state index in [1.165, 1.54) is 71.9 Å². The monoisotopic (exact) mass is 653 g/mol. The lowest BCUT2D eigenvalue weighted by atomic mass is 9.82. The van der Waals surface area contributed by atoms with Crippen LogP contribution < -0.4 is 4.90 Å². The van der Waals surface area contributed by atoms with Crippen LogP contribution in [0, 0.1) is 27.7 Å². The summed E-state index contributed by atoms with van der Waals surface area (Å²) < 4.78 is 0. The summed E-state index contributed by atoms with van der Waals surface area (Å²) in [6.07, 6.45) is 0. The number of rotatable bonds is 1. The summed E-state index contributed by atoms with van der Waals surface area (Å²) in [7, 11) is 0. The van der Waals surface area contributed by atoms with Crippen LogP contribution in [-0.4, -0.2) is 9.97 Å².